The van der Waals surface area contributed by atoms with E-state index in [4.69, 9.17) is 9.47 Å². The first-order valence-corrected chi connectivity index (χ1v) is 14.4. The van der Waals surface area contributed by atoms with Gasteiger partial charge in [0, 0.05) is 25.8 Å². The number of anilines is 1. The number of amides is 1. The van der Waals surface area contributed by atoms with Crippen molar-refractivity contribution < 1.29 is 27.4 Å². The quantitative estimate of drug-likeness (QED) is 0.319. The molecule has 1 N–H and O–H groups in total. The van der Waals surface area contributed by atoms with Crippen LogP contribution in [0, 0.1) is 23.2 Å². The van der Waals surface area contributed by atoms with E-state index in [0.717, 1.165) is 4.57 Å². The Hall–Kier alpha value is -4.29. The summed E-state index contributed by atoms with van der Waals surface area (Å²) in [7, 11) is 0. The zero-order chi connectivity index (χ0) is 32.1. The molecule has 1 aliphatic heterocycles. The van der Waals surface area contributed by atoms with Gasteiger partial charge in [-0.15, -0.1) is 0 Å². The van der Waals surface area contributed by atoms with E-state index in [9.17, 15) is 23.2 Å². The SMILES string of the molecule is CC(C)(C)OC(=O)N(Cc1ccc2c(c1)nc(C#CCNc1ccc(C(C)(C)C#N)nc1)n2CC(F)(F)F)C1CCOCC1. The number of nitrogens with zero attached hydrogens (tertiary/aromatic N) is 5. The lowest BCUT2D eigenvalue weighted by Crippen LogP contribution is -2.45. The van der Waals surface area contributed by atoms with Gasteiger partial charge in [0.05, 0.1) is 46.6 Å². The van der Waals surface area contributed by atoms with Crippen molar-refractivity contribution in [2.24, 2.45) is 0 Å². The number of nitrogens with one attached hydrogen (secondary N) is 1. The van der Waals surface area contributed by atoms with Gasteiger partial charge in [-0.25, -0.2) is 9.78 Å². The molecule has 0 unspecified atom stereocenters. The molecule has 44 heavy (non-hydrogen) atoms. The number of pyridine rings is 1. The summed E-state index contributed by atoms with van der Waals surface area (Å²) in [5.74, 6) is 5.60. The van der Waals surface area contributed by atoms with Crippen LogP contribution >= 0.6 is 0 Å². The molecule has 1 saturated heterocycles. The van der Waals surface area contributed by atoms with E-state index in [2.05, 4.69) is 33.2 Å². The molecule has 0 bridgehead atoms. The molecule has 3 heterocycles. The standard InChI is InChI=1S/C32H37F3N6O3/c1-30(2,3)44-29(42)40(24-12-15-43-16-13-24)19-22-8-10-26-25(17-22)39-28(41(26)21-32(33,34)35)7-6-14-37-23-9-11-27(38-18-23)31(4,5)20-36/h8-11,17-18,24,37H,12-16,19,21H2,1-5H3. The number of halogens is 3. The summed E-state index contributed by atoms with van der Waals surface area (Å²) < 4.78 is 52.8. The van der Waals surface area contributed by atoms with Crippen LogP contribution in [0.25, 0.3) is 11.0 Å². The lowest BCUT2D eigenvalue weighted by molar-refractivity contribution is -0.140. The molecule has 1 fully saturated rings. The molecule has 2 aromatic heterocycles. The Morgan fingerprint density at radius 2 is 1.89 bits per heavy atom. The molecular formula is C32H37F3N6O3. The molecule has 4 rings (SSSR count). The van der Waals surface area contributed by atoms with Gasteiger partial charge in [0.25, 0.3) is 0 Å². The lowest BCUT2D eigenvalue weighted by atomic mass is 9.91. The predicted molar refractivity (Wildman–Crippen MR) is 160 cm³/mol. The summed E-state index contributed by atoms with van der Waals surface area (Å²) in [6, 6.07) is 10.6. The van der Waals surface area contributed by atoms with E-state index in [1.165, 1.54) is 0 Å². The third-order valence-corrected chi connectivity index (χ3v) is 7.03. The zero-order valence-corrected chi connectivity index (χ0v) is 25.6. The topological polar surface area (TPSA) is 105 Å². The average Bonchev–Trinajstić information content (AvgIpc) is 3.28. The first kappa shape index (κ1) is 32.6. The molecule has 0 aliphatic carbocycles. The number of nitriles is 1. The molecule has 0 radical (unpaired) electrons. The van der Waals surface area contributed by atoms with Crippen LogP contribution in [0.15, 0.2) is 36.5 Å². The van der Waals surface area contributed by atoms with Crippen molar-refractivity contribution in [3.8, 4) is 17.9 Å². The Labute approximate surface area is 255 Å². The van der Waals surface area contributed by atoms with E-state index >= 15 is 0 Å². The van der Waals surface area contributed by atoms with Crippen LogP contribution in [0.1, 0.15) is 64.5 Å². The van der Waals surface area contributed by atoms with Crippen LogP contribution in [-0.4, -0.2) is 63.1 Å². The van der Waals surface area contributed by atoms with Gasteiger partial charge in [0.15, 0.2) is 5.82 Å². The monoisotopic (exact) mass is 610 g/mol. The minimum Gasteiger partial charge on any atom is -0.444 e. The van der Waals surface area contributed by atoms with Crippen LogP contribution < -0.4 is 5.32 Å². The van der Waals surface area contributed by atoms with E-state index in [1.807, 2.05) is 0 Å². The maximum atomic E-state index is 13.6. The Morgan fingerprint density at radius 1 is 1.16 bits per heavy atom. The van der Waals surface area contributed by atoms with E-state index in [1.54, 1.807) is 76.0 Å². The van der Waals surface area contributed by atoms with E-state index in [0.29, 0.717) is 48.5 Å². The molecule has 1 amide bonds. The van der Waals surface area contributed by atoms with E-state index in [-0.39, 0.29) is 30.5 Å². The van der Waals surface area contributed by atoms with Crippen LogP contribution in [0.2, 0.25) is 0 Å². The predicted octanol–water partition coefficient (Wildman–Crippen LogP) is 6.17. The van der Waals surface area contributed by atoms with Crippen molar-refractivity contribution in [3.63, 3.8) is 0 Å². The summed E-state index contributed by atoms with van der Waals surface area (Å²) in [4.78, 5) is 23.6. The van der Waals surface area contributed by atoms with Gasteiger partial charge < -0.3 is 24.3 Å². The zero-order valence-electron chi connectivity index (χ0n) is 25.6. The van der Waals surface area contributed by atoms with Gasteiger partial charge in [-0.3, -0.25) is 4.98 Å². The number of ether oxygens (including phenoxy) is 2. The molecule has 234 valence electrons. The molecule has 1 aromatic carbocycles. The molecule has 0 saturated carbocycles. The van der Waals surface area contributed by atoms with Crippen molar-refractivity contribution in [1.29, 1.82) is 5.26 Å². The van der Waals surface area contributed by atoms with Crippen molar-refractivity contribution in [2.75, 3.05) is 25.1 Å². The highest BCUT2D eigenvalue weighted by Gasteiger charge is 2.32. The van der Waals surface area contributed by atoms with Gasteiger partial charge in [0.2, 0.25) is 0 Å². The van der Waals surface area contributed by atoms with Gasteiger partial charge in [-0.2, -0.15) is 18.4 Å². The third-order valence-electron chi connectivity index (χ3n) is 7.03. The lowest BCUT2D eigenvalue weighted by Gasteiger charge is -2.35. The largest absolute Gasteiger partial charge is 0.444 e. The van der Waals surface area contributed by atoms with Crippen LogP contribution in [0.4, 0.5) is 23.7 Å². The minimum atomic E-state index is -4.48. The summed E-state index contributed by atoms with van der Waals surface area (Å²) in [6.45, 7) is 9.11. The Morgan fingerprint density at radius 3 is 2.50 bits per heavy atom. The highest BCUT2D eigenvalue weighted by molar-refractivity contribution is 5.78. The normalized spacial score (nSPS) is 14.4. The first-order chi connectivity index (χ1) is 20.6. The molecule has 12 heteroatoms. The third kappa shape index (κ3) is 8.64. The number of carbonyl (C=O) groups excluding carboxylic acids is 1. The second-order valence-corrected chi connectivity index (χ2v) is 12.2. The molecule has 0 atom stereocenters. The van der Waals surface area contributed by atoms with E-state index < -0.39 is 29.8 Å². The summed E-state index contributed by atoms with van der Waals surface area (Å²) in [5, 5.41) is 12.3. The van der Waals surface area contributed by atoms with Crippen molar-refractivity contribution in [1.82, 2.24) is 19.4 Å². The molecular weight excluding hydrogens is 573 g/mol. The van der Waals surface area contributed by atoms with Crippen LogP contribution in [0.3, 0.4) is 0 Å². The van der Waals surface area contributed by atoms with Crippen molar-refractivity contribution in [2.45, 2.75) is 83.8 Å². The number of alkyl halides is 3. The summed E-state index contributed by atoms with van der Waals surface area (Å²) >= 11 is 0. The number of imidazole rings is 1. The second-order valence-electron chi connectivity index (χ2n) is 12.2. The summed E-state index contributed by atoms with van der Waals surface area (Å²) in [5.41, 5.74) is 1.22. The van der Waals surface area contributed by atoms with Crippen LogP contribution in [-0.2, 0) is 28.0 Å². The first-order valence-electron chi connectivity index (χ1n) is 14.4. The van der Waals surface area contributed by atoms with Gasteiger partial charge in [0.1, 0.15) is 12.1 Å². The fourth-order valence-electron chi connectivity index (χ4n) is 4.76. The van der Waals surface area contributed by atoms with Crippen LogP contribution in [0.5, 0.6) is 0 Å². The fourth-order valence-corrected chi connectivity index (χ4v) is 4.76. The van der Waals surface area contributed by atoms with Crippen molar-refractivity contribution in [3.05, 3.63) is 53.6 Å². The second kappa shape index (κ2) is 13.1. The van der Waals surface area contributed by atoms with Gasteiger partial charge in [-0.05, 0) is 83.2 Å². The highest BCUT2D eigenvalue weighted by atomic mass is 19.4. The maximum Gasteiger partial charge on any atom is 0.410 e. The smallest absolute Gasteiger partial charge is 0.410 e. The number of benzene rings is 1. The average molecular weight is 611 g/mol. The Bertz CT molecular complexity index is 1570. The number of hydrogen-bond acceptors (Lipinski definition) is 7. The molecule has 0 spiro atoms. The number of rotatable bonds is 7. The van der Waals surface area contributed by atoms with Crippen molar-refractivity contribution >= 4 is 22.8 Å². The maximum absolute atomic E-state index is 13.6. The number of fused-ring (bicyclic) bond motifs is 1. The molecule has 1 aliphatic rings. The number of hydrogen-bond donors (Lipinski definition) is 1. The van der Waals surface area contributed by atoms with Gasteiger partial charge in [-0.1, -0.05) is 12.0 Å². The Kier molecular flexibility index (Phi) is 9.75. The molecule has 3 aromatic rings. The molecule has 9 nitrogen and oxygen atoms in total. The number of carbonyl (C=O) groups is 1. The fraction of sp³-hybridized carbons (Fsp3) is 0.500. The Balaban J connectivity index is 1.56. The minimum absolute atomic E-state index is 0.0195. The highest BCUT2D eigenvalue weighted by Crippen LogP contribution is 2.27. The summed E-state index contributed by atoms with van der Waals surface area (Å²) in [6.07, 6.45) is -2.04. The number of aromatic nitrogens is 3. The van der Waals surface area contributed by atoms with Gasteiger partial charge >= 0.3 is 12.3 Å².